The molecule has 1 atom stereocenters. The van der Waals surface area contributed by atoms with Gasteiger partial charge in [0.2, 0.25) is 0 Å². The van der Waals surface area contributed by atoms with E-state index in [0.29, 0.717) is 11.6 Å². The average Bonchev–Trinajstić information content (AvgIpc) is 3.21. The number of rotatable bonds is 6. The predicted molar refractivity (Wildman–Crippen MR) is 86.5 cm³/mol. The molecule has 1 saturated carbocycles. The monoisotopic (exact) mass is 300 g/mol. The number of hydrogen-bond donors (Lipinski definition) is 2. The van der Waals surface area contributed by atoms with Crippen LogP contribution < -0.4 is 10.6 Å². The summed E-state index contributed by atoms with van der Waals surface area (Å²) in [6, 6.07) is 12.6. The van der Waals surface area contributed by atoms with Crippen molar-refractivity contribution in [1.29, 1.82) is 0 Å². The summed E-state index contributed by atoms with van der Waals surface area (Å²) in [5, 5.41) is 8.46. The third-order valence-electron chi connectivity index (χ3n) is 3.91. The number of benzene rings is 1. The van der Waals surface area contributed by atoms with E-state index < -0.39 is 0 Å². The summed E-state index contributed by atoms with van der Waals surface area (Å²) in [5.41, 5.74) is 1.92. The molecule has 1 unspecified atom stereocenters. The molecular weight excluding hydrogens is 280 g/mol. The van der Waals surface area contributed by atoms with Gasteiger partial charge in [-0.05, 0) is 47.9 Å². The first kappa shape index (κ1) is 14.3. The van der Waals surface area contributed by atoms with Crippen molar-refractivity contribution in [1.82, 2.24) is 10.6 Å². The highest BCUT2D eigenvalue weighted by molar-refractivity contribution is 7.10. The molecule has 1 aliphatic carbocycles. The molecule has 2 N–H and O–H groups in total. The lowest BCUT2D eigenvalue weighted by Crippen LogP contribution is -2.22. The summed E-state index contributed by atoms with van der Waals surface area (Å²) < 4.78 is 0. The standard InChI is InChI=1S/C17H20N2OS/c1-18-17(20)14-6-4-12(5-7-14)11-19-16(13-8-9-13)15-3-2-10-21-15/h2-7,10,13,16,19H,8-9,11H2,1H3,(H,18,20). The Morgan fingerprint density at radius 1 is 1.29 bits per heavy atom. The Hall–Kier alpha value is -1.65. The SMILES string of the molecule is CNC(=O)c1ccc(CNC(c2cccs2)C2CC2)cc1. The summed E-state index contributed by atoms with van der Waals surface area (Å²) in [5.74, 6) is 0.748. The molecule has 1 aromatic carbocycles. The fourth-order valence-corrected chi connectivity index (χ4v) is 3.44. The molecule has 3 rings (SSSR count). The van der Waals surface area contributed by atoms with E-state index in [1.165, 1.54) is 23.3 Å². The van der Waals surface area contributed by atoms with E-state index in [1.54, 1.807) is 7.05 Å². The Balaban J connectivity index is 1.62. The Labute approximate surface area is 129 Å². The van der Waals surface area contributed by atoms with Crippen molar-refractivity contribution >= 4 is 17.2 Å². The zero-order valence-electron chi connectivity index (χ0n) is 12.1. The maximum Gasteiger partial charge on any atom is 0.251 e. The molecule has 0 aliphatic heterocycles. The average molecular weight is 300 g/mol. The molecular formula is C17H20N2OS. The smallest absolute Gasteiger partial charge is 0.251 e. The highest BCUT2D eigenvalue weighted by Gasteiger charge is 2.32. The quantitative estimate of drug-likeness (QED) is 0.859. The lowest BCUT2D eigenvalue weighted by Gasteiger charge is -2.17. The second-order valence-electron chi connectivity index (χ2n) is 5.49. The summed E-state index contributed by atoms with van der Waals surface area (Å²) in [7, 11) is 1.65. The molecule has 1 fully saturated rings. The third-order valence-corrected chi connectivity index (χ3v) is 4.87. The van der Waals surface area contributed by atoms with Crippen molar-refractivity contribution in [3.63, 3.8) is 0 Å². The predicted octanol–water partition coefficient (Wildman–Crippen LogP) is 3.35. The van der Waals surface area contributed by atoms with E-state index in [-0.39, 0.29) is 5.91 Å². The van der Waals surface area contributed by atoms with E-state index in [4.69, 9.17) is 0 Å². The van der Waals surface area contributed by atoms with Gasteiger partial charge in [0.05, 0.1) is 0 Å². The lowest BCUT2D eigenvalue weighted by molar-refractivity contribution is 0.0963. The molecule has 0 spiro atoms. The number of carbonyl (C=O) groups excluding carboxylic acids is 1. The van der Waals surface area contributed by atoms with Crippen molar-refractivity contribution in [2.75, 3.05) is 7.05 Å². The second kappa shape index (κ2) is 6.41. The zero-order chi connectivity index (χ0) is 14.7. The highest BCUT2D eigenvalue weighted by atomic mass is 32.1. The van der Waals surface area contributed by atoms with Gasteiger partial charge in [-0.25, -0.2) is 0 Å². The van der Waals surface area contributed by atoms with Gasteiger partial charge in [0.25, 0.3) is 5.91 Å². The highest BCUT2D eigenvalue weighted by Crippen LogP contribution is 2.42. The minimum atomic E-state index is -0.0380. The molecule has 1 aromatic heterocycles. The number of hydrogen-bond acceptors (Lipinski definition) is 3. The molecule has 1 aliphatic rings. The van der Waals surface area contributed by atoms with Gasteiger partial charge in [-0.2, -0.15) is 0 Å². The summed E-state index contributed by atoms with van der Waals surface area (Å²) >= 11 is 1.83. The fourth-order valence-electron chi connectivity index (χ4n) is 2.54. The van der Waals surface area contributed by atoms with Crippen LogP contribution in [0.1, 0.15) is 39.7 Å². The van der Waals surface area contributed by atoms with E-state index in [2.05, 4.69) is 28.1 Å². The Bertz CT molecular complexity index is 588. The molecule has 1 amide bonds. The minimum absolute atomic E-state index is 0.0380. The third kappa shape index (κ3) is 3.52. The van der Waals surface area contributed by atoms with Crippen molar-refractivity contribution in [3.8, 4) is 0 Å². The van der Waals surface area contributed by atoms with Gasteiger partial charge in [-0.15, -0.1) is 11.3 Å². The minimum Gasteiger partial charge on any atom is -0.355 e. The van der Waals surface area contributed by atoms with Crippen LogP contribution in [-0.4, -0.2) is 13.0 Å². The second-order valence-corrected chi connectivity index (χ2v) is 6.47. The Morgan fingerprint density at radius 2 is 2.05 bits per heavy atom. The molecule has 2 aromatic rings. The van der Waals surface area contributed by atoms with Crippen LogP contribution in [0.25, 0.3) is 0 Å². The van der Waals surface area contributed by atoms with Crippen LogP contribution >= 0.6 is 11.3 Å². The van der Waals surface area contributed by atoms with Crippen LogP contribution in [-0.2, 0) is 6.54 Å². The lowest BCUT2D eigenvalue weighted by atomic mass is 10.1. The van der Waals surface area contributed by atoms with E-state index in [9.17, 15) is 4.79 Å². The van der Waals surface area contributed by atoms with Crippen molar-refractivity contribution in [2.45, 2.75) is 25.4 Å². The van der Waals surface area contributed by atoms with Crippen LogP contribution in [0.2, 0.25) is 0 Å². The first-order valence-corrected chi connectivity index (χ1v) is 8.23. The molecule has 4 heteroatoms. The molecule has 0 bridgehead atoms. The largest absolute Gasteiger partial charge is 0.355 e. The molecule has 0 saturated heterocycles. The summed E-state index contributed by atoms with van der Waals surface area (Å²) in [6.45, 7) is 0.840. The molecule has 1 heterocycles. The van der Waals surface area contributed by atoms with Crippen molar-refractivity contribution in [2.24, 2.45) is 5.92 Å². The zero-order valence-corrected chi connectivity index (χ0v) is 13.0. The molecule has 21 heavy (non-hydrogen) atoms. The van der Waals surface area contributed by atoms with Gasteiger partial charge in [0.1, 0.15) is 0 Å². The van der Waals surface area contributed by atoms with Gasteiger partial charge < -0.3 is 10.6 Å². The van der Waals surface area contributed by atoms with Crippen LogP contribution in [0.4, 0.5) is 0 Å². The van der Waals surface area contributed by atoms with Gasteiger partial charge >= 0.3 is 0 Å². The molecule has 0 radical (unpaired) electrons. The van der Waals surface area contributed by atoms with E-state index in [1.807, 2.05) is 35.6 Å². The van der Waals surface area contributed by atoms with E-state index in [0.717, 1.165) is 12.5 Å². The van der Waals surface area contributed by atoms with Gasteiger partial charge in [-0.3, -0.25) is 4.79 Å². The Kier molecular flexibility index (Phi) is 4.36. The van der Waals surface area contributed by atoms with Crippen molar-refractivity contribution in [3.05, 3.63) is 57.8 Å². The first-order valence-electron chi connectivity index (χ1n) is 7.35. The topological polar surface area (TPSA) is 41.1 Å². The first-order chi connectivity index (χ1) is 10.3. The maximum absolute atomic E-state index is 11.5. The van der Waals surface area contributed by atoms with Gasteiger partial charge in [0, 0.05) is 30.1 Å². The number of carbonyl (C=O) groups is 1. The van der Waals surface area contributed by atoms with Crippen LogP contribution in [0.15, 0.2) is 41.8 Å². The number of amides is 1. The summed E-state index contributed by atoms with van der Waals surface area (Å²) in [6.07, 6.45) is 2.65. The van der Waals surface area contributed by atoms with Gasteiger partial charge in [-0.1, -0.05) is 18.2 Å². The fraction of sp³-hybridized carbons (Fsp3) is 0.353. The van der Waals surface area contributed by atoms with Crippen LogP contribution in [0.5, 0.6) is 0 Å². The molecule has 110 valence electrons. The van der Waals surface area contributed by atoms with Crippen molar-refractivity contribution < 1.29 is 4.79 Å². The van der Waals surface area contributed by atoms with E-state index >= 15 is 0 Å². The maximum atomic E-state index is 11.5. The molecule has 3 nitrogen and oxygen atoms in total. The number of thiophene rings is 1. The summed E-state index contributed by atoms with van der Waals surface area (Å²) in [4.78, 5) is 12.9. The normalized spacial score (nSPS) is 15.7. The Morgan fingerprint density at radius 3 is 2.62 bits per heavy atom. The van der Waals surface area contributed by atoms with Crippen LogP contribution in [0.3, 0.4) is 0 Å². The van der Waals surface area contributed by atoms with Gasteiger partial charge in [0.15, 0.2) is 0 Å². The number of nitrogens with one attached hydrogen (secondary N) is 2. The van der Waals surface area contributed by atoms with Crippen LogP contribution in [0, 0.1) is 5.92 Å².